The molecule has 8 nitrogen and oxygen atoms in total. The van der Waals surface area contributed by atoms with Crippen LogP contribution in [0.4, 0.5) is 4.79 Å². The van der Waals surface area contributed by atoms with Crippen LogP contribution in [0, 0.1) is 0 Å². The van der Waals surface area contributed by atoms with Gasteiger partial charge in [0.05, 0.1) is 13.2 Å². The first-order chi connectivity index (χ1) is 11.1. The third-order valence-corrected chi connectivity index (χ3v) is 3.77. The lowest BCUT2D eigenvalue weighted by molar-refractivity contribution is -0.143. The zero-order valence-corrected chi connectivity index (χ0v) is 12.6. The molecule has 2 aliphatic rings. The predicted molar refractivity (Wildman–Crippen MR) is 77.1 cm³/mol. The molecule has 2 fully saturated rings. The van der Waals surface area contributed by atoms with E-state index >= 15 is 0 Å². The molecule has 0 radical (unpaired) electrons. The molecule has 0 unspecified atom stereocenters. The van der Waals surface area contributed by atoms with E-state index in [1.165, 1.54) is 4.90 Å². The van der Waals surface area contributed by atoms with E-state index in [9.17, 15) is 14.4 Å². The molecule has 0 spiro atoms. The molecule has 0 atom stereocenters. The minimum Gasteiger partial charge on any atom is -0.497 e. The summed E-state index contributed by atoms with van der Waals surface area (Å²) in [5.74, 6) is 0.613. The summed E-state index contributed by atoms with van der Waals surface area (Å²) in [5, 5.41) is 0. The van der Waals surface area contributed by atoms with Gasteiger partial charge in [0.2, 0.25) is 0 Å². The topological polar surface area (TPSA) is 85.4 Å². The summed E-state index contributed by atoms with van der Waals surface area (Å²) < 4.78 is 15.2. The van der Waals surface area contributed by atoms with Crippen LogP contribution < -0.4 is 9.47 Å². The zero-order chi connectivity index (χ0) is 16.4. The fourth-order valence-electron chi connectivity index (χ4n) is 2.47. The highest BCUT2D eigenvalue weighted by atomic mass is 16.6. The van der Waals surface area contributed by atoms with Gasteiger partial charge in [-0.1, -0.05) is 6.07 Å². The highest BCUT2D eigenvalue weighted by Gasteiger charge is 2.44. The van der Waals surface area contributed by atoms with Crippen LogP contribution in [0.15, 0.2) is 24.3 Å². The third kappa shape index (κ3) is 3.05. The second-order valence-electron chi connectivity index (χ2n) is 5.24. The molecular formula is C15H16N2O6. The first-order valence-electron chi connectivity index (χ1n) is 7.12. The van der Waals surface area contributed by atoms with Crippen LogP contribution in [-0.2, 0) is 14.3 Å². The minimum absolute atomic E-state index is 0.113. The van der Waals surface area contributed by atoms with Gasteiger partial charge in [0, 0.05) is 19.2 Å². The van der Waals surface area contributed by atoms with Gasteiger partial charge in [-0.15, -0.1) is 0 Å². The number of benzene rings is 1. The van der Waals surface area contributed by atoms with Gasteiger partial charge < -0.3 is 19.1 Å². The van der Waals surface area contributed by atoms with Crippen molar-refractivity contribution in [1.29, 1.82) is 0 Å². The Labute approximate surface area is 132 Å². The second-order valence-corrected chi connectivity index (χ2v) is 5.24. The number of imide groups is 1. The van der Waals surface area contributed by atoms with Gasteiger partial charge in [0.15, 0.2) is 13.2 Å². The SMILES string of the molecule is COc1cccc(OCC(=O)N2CC(N3C(=O)COC3=O)C2)c1. The summed E-state index contributed by atoms with van der Waals surface area (Å²) in [6, 6.07) is 6.65. The van der Waals surface area contributed by atoms with Crippen LogP contribution in [0.3, 0.4) is 0 Å². The number of nitrogens with zero attached hydrogens (tertiary/aromatic N) is 2. The Balaban J connectivity index is 1.47. The summed E-state index contributed by atoms with van der Waals surface area (Å²) in [5.41, 5.74) is 0. The normalized spacial score (nSPS) is 17.8. The maximum Gasteiger partial charge on any atom is 0.417 e. The Morgan fingerprint density at radius 3 is 2.70 bits per heavy atom. The molecule has 0 saturated carbocycles. The van der Waals surface area contributed by atoms with E-state index in [1.807, 2.05) is 0 Å². The average Bonchev–Trinajstić information content (AvgIpc) is 2.84. The van der Waals surface area contributed by atoms with Crippen molar-refractivity contribution in [3.05, 3.63) is 24.3 Å². The molecule has 2 saturated heterocycles. The molecule has 0 bridgehead atoms. The summed E-state index contributed by atoms with van der Waals surface area (Å²) >= 11 is 0. The standard InChI is InChI=1S/C15H16N2O6/c1-21-11-3-2-4-12(5-11)22-8-13(18)16-6-10(7-16)17-14(19)9-23-15(17)20/h2-5,10H,6-9H2,1H3. The first kappa shape index (κ1) is 15.1. The highest BCUT2D eigenvalue weighted by Crippen LogP contribution is 2.21. The van der Waals surface area contributed by atoms with Crippen LogP contribution in [-0.4, -0.2) is 67.2 Å². The van der Waals surface area contributed by atoms with E-state index in [1.54, 1.807) is 31.4 Å². The van der Waals surface area contributed by atoms with Gasteiger partial charge in [-0.25, -0.2) is 9.69 Å². The number of likely N-dealkylation sites (tertiary alicyclic amines) is 1. The van der Waals surface area contributed by atoms with Gasteiger partial charge in [0.25, 0.3) is 11.8 Å². The maximum atomic E-state index is 12.0. The molecule has 8 heteroatoms. The van der Waals surface area contributed by atoms with E-state index in [0.717, 1.165) is 4.90 Å². The molecule has 0 N–H and O–H groups in total. The Morgan fingerprint density at radius 2 is 2.04 bits per heavy atom. The number of amides is 3. The van der Waals surface area contributed by atoms with Crippen LogP contribution in [0.1, 0.15) is 0 Å². The smallest absolute Gasteiger partial charge is 0.417 e. The van der Waals surface area contributed by atoms with Crippen molar-refractivity contribution in [1.82, 2.24) is 9.80 Å². The van der Waals surface area contributed by atoms with Crippen LogP contribution in [0.5, 0.6) is 11.5 Å². The minimum atomic E-state index is -0.639. The lowest BCUT2D eigenvalue weighted by atomic mass is 10.1. The Bertz CT molecular complexity index is 625. The fourth-order valence-corrected chi connectivity index (χ4v) is 2.47. The molecule has 122 valence electrons. The van der Waals surface area contributed by atoms with Gasteiger partial charge in [0.1, 0.15) is 11.5 Å². The molecule has 0 aromatic heterocycles. The second kappa shape index (κ2) is 6.15. The predicted octanol–water partition coefficient (Wildman–Crippen LogP) is 0.264. The van der Waals surface area contributed by atoms with E-state index < -0.39 is 6.09 Å². The lowest BCUT2D eigenvalue weighted by Gasteiger charge is -2.41. The third-order valence-electron chi connectivity index (χ3n) is 3.77. The number of carbonyl (C=O) groups excluding carboxylic acids is 3. The highest BCUT2D eigenvalue weighted by molar-refractivity contribution is 5.98. The monoisotopic (exact) mass is 320 g/mol. The number of hydrogen-bond acceptors (Lipinski definition) is 6. The molecule has 0 aliphatic carbocycles. The Kier molecular flexibility index (Phi) is 4.05. The van der Waals surface area contributed by atoms with E-state index in [-0.39, 0.29) is 31.1 Å². The summed E-state index contributed by atoms with van der Waals surface area (Å²) in [6.07, 6.45) is -0.639. The average molecular weight is 320 g/mol. The molecule has 2 aliphatic heterocycles. The van der Waals surface area contributed by atoms with E-state index in [0.29, 0.717) is 24.6 Å². The summed E-state index contributed by atoms with van der Waals surface area (Å²) in [7, 11) is 1.55. The van der Waals surface area contributed by atoms with Crippen LogP contribution in [0.25, 0.3) is 0 Å². The first-order valence-corrected chi connectivity index (χ1v) is 7.12. The maximum absolute atomic E-state index is 12.0. The molecular weight excluding hydrogens is 304 g/mol. The zero-order valence-electron chi connectivity index (χ0n) is 12.6. The largest absolute Gasteiger partial charge is 0.497 e. The van der Waals surface area contributed by atoms with Crippen molar-refractivity contribution in [2.24, 2.45) is 0 Å². The molecule has 1 aromatic carbocycles. The Hall–Kier alpha value is -2.77. The van der Waals surface area contributed by atoms with Gasteiger partial charge in [-0.3, -0.25) is 9.59 Å². The van der Waals surface area contributed by atoms with Crippen molar-refractivity contribution < 1.29 is 28.6 Å². The molecule has 1 aromatic rings. The molecule has 2 heterocycles. The van der Waals surface area contributed by atoms with E-state index in [4.69, 9.17) is 9.47 Å². The summed E-state index contributed by atoms with van der Waals surface area (Å²) in [6.45, 7) is 0.281. The number of cyclic esters (lactones) is 1. The quantitative estimate of drug-likeness (QED) is 0.774. The van der Waals surface area contributed by atoms with E-state index in [2.05, 4.69) is 4.74 Å². The number of ether oxygens (including phenoxy) is 3. The molecule has 23 heavy (non-hydrogen) atoms. The lowest BCUT2D eigenvalue weighted by Crippen LogP contribution is -2.62. The fraction of sp³-hybridized carbons (Fsp3) is 0.400. The van der Waals surface area contributed by atoms with Crippen molar-refractivity contribution in [2.45, 2.75) is 6.04 Å². The van der Waals surface area contributed by atoms with Crippen molar-refractivity contribution in [3.63, 3.8) is 0 Å². The van der Waals surface area contributed by atoms with Gasteiger partial charge in [-0.05, 0) is 12.1 Å². The molecule has 3 rings (SSSR count). The molecule has 3 amide bonds. The van der Waals surface area contributed by atoms with Crippen molar-refractivity contribution >= 4 is 17.9 Å². The van der Waals surface area contributed by atoms with Crippen LogP contribution in [0.2, 0.25) is 0 Å². The van der Waals surface area contributed by atoms with Gasteiger partial charge in [-0.2, -0.15) is 0 Å². The number of hydrogen-bond donors (Lipinski definition) is 0. The summed E-state index contributed by atoms with van der Waals surface area (Å²) in [4.78, 5) is 37.6. The number of rotatable bonds is 5. The van der Waals surface area contributed by atoms with Crippen LogP contribution >= 0.6 is 0 Å². The number of methoxy groups -OCH3 is 1. The van der Waals surface area contributed by atoms with Crippen molar-refractivity contribution in [3.8, 4) is 11.5 Å². The number of carbonyl (C=O) groups is 3. The Morgan fingerprint density at radius 1 is 1.30 bits per heavy atom. The van der Waals surface area contributed by atoms with Crippen molar-refractivity contribution in [2.75, 3.05) is 33.4 Å². The van der Waals surface area contributed by atoms with Gasteiger partial charge >= 0.3 is 6.09 Å².